The number of aryl methyl sites for hydroxylation is 1. The van der Waals surface area contributed by atoms with Gasteiger partial charge in [-0.25, -0.2) is 0 Å². The molecule has 0 saturated carbocycles. The summed E-state index contributed by atoms with van der Waals surface area (Å²) in [5.41, 5.74) is 2.35. The summed E-state index contributed by atoms with van der Waals surface area (Å²) in [6.45, 7) is 4.22. The van der Waals surface area contributed by atoms with Gasteiger partial charge in [0, 0.05) is 13.2 Å². The van der Waals surface area contributed by atoms with Crippen molar-refractivity contribution in [2.45, 2.75) is 32.4 Å². The van der Waals surface area contributed by atoms with E-state index in [9.17, 15) is 4.79 Å². The Balaban J connectivity index is 2.67. The number of carboxylic acids is 1. The Kier molecular flexibility index (Phi) is 5.82. The van der Waals surface area contributed by atoms with Crippen LogP contribution in [0.5, 0.6) is 0 Å². The van der Waals surface area contributed by atoms with Crippen molar-refractivity contribution < 1.29 is 14.6 Å². The molecule has 0 fully saturated rings. The van der Waals surface area contributed by atoms with Crippen molar-refractivity contribution in [3.05, 3.63) is 35.4 Å². The topological polar surface area (TPSA) is 58.6 Å². The Morgan fingerprint density at radius 3 is 2.44 bits per heavy atom. The molecule has 0 amide bonds. The van der Waals surface area contributed by atoms with Crippen molar-refractivity contribution >= 4 is 5.97 Å². The normalized spacial score (nSPS) is 14.2. The van der Waals surface area contributed by atoms with Gasteiger partial charge in [0.25, 0.3) is 0 Å². The fourth-order valence-corrected chi connectivity index (χ4v) is 1.80. The van der Waals surface area contributed by atoms with Crippen LogP contribution in [0.3, 0.4) is 0 Å². The van der Waals surface area contributed by atoms with Gasteiger partial charge in [0.15, 0.2) is 0 Å². The summed E-state index contributed by atoms with van der Waals surface area (Å²) in [5.74, 6) is -0.895. The Morgan fingerprint density at radius 1 is 1.39 bits per heavy atom. The number of carbonyl (C=O) groups is 1. The van der Waals surface area contributed by atoms with Crippen molar-refractivity contribution in [2.24, 2.45) is 0 Å². The molecule has 0 spiro atoms. The summed E-state index contributed by atoms with van der Waals surface area (Å²) in [5, 5.41) is 12.1. The third kappa shape index (κ3) is 4.13. The van der Waals surface area contributed by atoms with Crippen molar-refractivity contribution in [1.29, 1.82) is 0 Å². The molecule has 0 radical (unpaired) electrons. The van der Waals surface area contributed by atoms with Gasteiger partial charge in [-0.3, -0.25) is 10.1 Å². The predicted octanol–water partition coefficient (Wildman–Crippen LogP) is 2.00. The number of carboxylic acid groups (broad SMARTS) is 1. The summed E-state index contributed by atoms with van der Waals surface area (Å²) in [4.78, 5) is 11.0. The molecule has 4 nitrogen and oxygen atoms in total. The van der Waals surface area contributed by atoms with Crippen LogP contribution in [-0.2, 0) is 16.0 Å². The Hall–Kier alpha value is -1.39. The second kappa shape index (κ2) is 7.13. The molecule has 1 aromatic carbocycles. The lowest BCUT2D eigenvalue weighted by Gasteiger charge is -2.20. The molecular formula is C14H21NO3. The largest absolute Gasteiger partial charge is 0.480 e. The SMILES string of the molecule is CCc1ccc(C(C)NC(COC)C(=O)O)cc1. The minimum absolute atomic E-state index is 0.0212. The van der Waals surface area contributed by atoms with Gasteiger partial charge in [-0.1, -0.05) is 31.2 Å². The molecule has 4 heteroatoms. The lowest BCUT2D eigenvalue weighted by molar-refractivity contribution is -0.141. The average molecular weight is 251 g/mol. The number of hydrogen-bond acceptors (Lipinski definition) is 3. The van der Waals surface area contributed by atoms with Crippen LogP contribution in [0.1, 0.15) is 31.0 Å². The van der Waals surface area contributed by atoms with E-state index >= 15 is 0 Å². The Bertz CT molecular complexity index is 375. The van der Waals surface area contributed by atoms with E-state index in [1.165, 1.54) is 12.7 Å². The molecule has 2 N–H and O–H groups in total. The molecule has 0 bridgehead atoms. The van der Waals surface area contributed by atoms with Crippen LogP contribution in [0, 0.1) is 0 Å². The lowest BCUT2D eigenvalue weighted by Crippen LogP contribution is -2.41. The summed E-state index contributed by atoms with van der Waals surface area (Å²) < 4.78 is 4.90. The second-order valence-electron chi connectivity index (χ2n) is 4.33. The zero-order chi connectivity index (χ0) is 13.5. The number of rotatable bonds is 7. The molecule has 2 unspecified atom stereocenters. The third-order valence-corrected chi connectivity index (χ3v) is 2.97. The first kappa shape index (κ1) is 14.7. The maximum atomic E-state index is 11.0. The third-order valence-electron chi connectivity index (χ3n) is 2.97. The summed E-state index contributed by atoms with van der Waals surface area (Å²) in [7, 11) is 1.50. The predicted molar refractivity (Wildman–Crippen MR) is 70.7 cm³/mol. The van der Waals surface area contributed by atoms with Crippen LogP contribution in [0.15, 0.2) is 24.3 Å². The Labute approximate surface area is 108 Å². The summed E-state index contributed by atoms with van der Waals surface area (Å²) >= 11 is 0. The molecule has 18 heavy (non-hydrogen) atoms. The van der Waals surface area contributed by atoms with E-state index in [0.29, 0.717) is 0 Å². The number of methoxy groups -OCH3 is 1. The number of ether oxygens (including phenoxy) is 1. The zero-order valence-corrected chi connectivity index (χ0v) is 11.1. The molecule has 0 heterocycles. The van der Waals surface area contributed by atoms with E-state index in [1.54, 1.807) is 0 Å². The smallest absolute Gasteiger partial charge is 0.323 e. The highest BCUT2D eigenvalue weighted by atomic mass is 16.5. The summed E-state index contributed by atoms with van der Waals surface area (Å²) in [6, 6.07) is 7.49. The Morgan fingerprint density at radius 2 is 2.00 bits per heavy atom. The quantitative estimate of drug-likeness (QED) is 0.778. The van der Waals surface area contributed by atoms with E-state index < -0.39 is 12.0 Å². The maximum absolute atomic E-state index is 11.0. The number of hydrogen-bond donors (Lipinski definition) is 2. The van der Waals surface area contributed by atoms with E-state index in [-0.39, 0.29) is 12.6 Å². The molecular weight excluding hydrogens is 230 g/mol. The monoisotopic (exact) mass is 251 g/mol. The van der Waals surface area contributed by atoms with Gasteiger partial charge in [0.1, 0.15) is 6.04 Å². The molecule has 0 aromatic heterocycles. The van der Waals surface area contributed by atoms with E-state index in [2.05, 4.69) is 24.4 Å². The van der Waals surface area contributed by atoms with E-state index in [0.717, 1.165) is 12.0 Å². The fourth-order valence-electron chi connectivity index (χ4n) is 1.80. The van der Waals surface area contributed by atoms with Gasteiger partial charge in [-0.2, -0.15) is 0 Å². The highest BCUT2D eigenvalue weighted by Gasteiger charge is 2.19. The lowest BCUT2D eigenvalue weighted by atomic mass is 10.0. The van der Waals surface area contributed by atoms with Gasteiger partial charge in [0.2, 0.25) is 0 Å². The van der Waals surface area contributed by atoms with Crippen LogP contribution in [0.2, 0.25) is 0 Å². The molecule has 0 saturated heterocycles. The molecule has 2 atom stereocenters. The number of nitrogens with one attached hydrogen (secondary N) is 1. The summed E-state index contributed by atoms with van der Waals surface area (Å²) in [6.07, 6.45) is 1.00. The average Bonchev–Trinajstić information content (AvgIpc) is 2.38. The number of benzene rings is 1. The maximum Gasteiger partial charge on any atom is 0.323 e. The van der Waals surface area contributed by atoms with E-state index in [1.807, 2.05) is 19.1 Å². The van der Waals surface area contributed by atoms with Gasteiger partial charge in [0.05, 0.1) is 6.61 Å². The molecule has 0 aliphatic heterocycles. The van der Waals surface area contributed by atoms with Crippen LogP contribution in [0.4, 0.5) is 0 Å². The van der Waals surface area contributed by atoms with Gasteiger partial charge >= 0.3 is 5.97 Å². The number of aliphatic carboxylic acids is 1. The highest BCUT2D eigenvalue weighted by Crippen LogP contribution is 2.14. The van der Waals surface area contributed by atoms with Gasteiger partial charge < -0.3 is 9.84 Å². The van der Waals surface area contributed by atoms with Gasteiger partial charge in [-0.15, -0.1) is 0 Å². The first-order chi connectivity index (χ1) is 8.58. The van der Waals surface area contributed by atoms with Crippen LogP contribution >= 0.6 is 0 Å². The molecule has 100 valence electrons. The van der Waals surface area contributed by atoms with Crippen molar-refractivity contribution in [3.63, 3.8) is 0 Å². The van der Waals surface area contributed by atoms with Crippen LogP contribution in [0.25, 0.3) is 0 Å². The minimum Gasteiger partial charge on any atom is -0.480 e. The van der Waals surface area contributed by atoms with Crippen LogP contribution in [-0.4, -0.2) is 30.8 Å². The molecule has 0 aliphatic carbocycles. The van der Waals surface area contributed by atoms with Crippen LogP contribution < -0.4 is 5.32 Å². The second-order valence-corrected chi connectivity index (χ2v) is 4.33. The molecule has 1 rings (SSSR count). The van der Waals surface area contributed by atoms with Crippen molar-refractivity contribution in [1.82, 2.24) is 5.32 Å². The first-order valence-electron chi connectivity index (χ1n) is 6.15. The van der Waals surface area contributed by atoms with E-state index in [4.69, 9.17) is 9.84 Å². The van der Waals surface area contributed by atoms with Crippen molar-refractivity contribution in [3.8, 4) is 0 Å². The van der Waals surface area contributed by atoms with Crippen molar-refractivity contribution in [2.75, 3.05) is 13.7 Å². The highest BCUT2D eigenvalue weighted by molar-refractivity contribution is 5.73. The molecule has 1 aromatic rings. The fraction of sp³-hybridized carbons (Fsp3) is 0.500. The minimum atomic E-state index is -0.895. The first-order valence-corrected chi connectivity index (χ1v) is 6.15. The van der Waals surface area contributed by atoms with Gasteiger partial charge in [-0.05, 0) is 24.5 Å². The molecule has 0 aliphatic rings. The standard InChI is InChI=1S/C14H21NO3/c1-4-11-5-7-12(8-6-11)10(2)15-13(9-18-3)14(16)17/h5-8,10,13,15H,4,9H2,1-3H3,(H,16,17). The zero-order valence-electron chi connectivity index (χ0n) is 11.1.